The fourth-order valence-corrected chi connectivity index (χ4v) is 1.43. The van der Waals surface area contributed by atoms with E-state index in [0.717, 1.165) is 6.42 Å². The Balaban J connectivity index is 3.42. The topological polar surface area (TPSA) is 12.0 Å². The largest absolute Gasteiger partial charge is 0.314 e. The van der Waals surface area contributed by atoms with Crippen molar-refractivity contribution in [2.24, 2.45) is 0 Å². The van der Waals surface area contributed by atoms with E-state index in [0.29, 0.717) is 6.04 Å². The van der Waals surface area contributed by atoms with Gasteiger partial charge >= 0.3 is 0 Å². The molecule has 0 aliphatic heterocycles. The predicted molar refractivity (Wildman–Crippen MR) is 61.0 cm³/mol. The van der Waals surface area contributed by atoms with Crippen LogP contribution >= 0.6 is 0 Å². The third-order valence-corrected chi connectivity index (χ3v) is 2.34. The Labute approximate surface area is 83.6 Å². The highest BCUT2D eigenvalue weighted by Gasteiger charge is 1.99. The van der Waals surface area contributed by atoms with Crippen molar-refractivity contribution >= 4 is 0 Å². The normalized spacial score (nSPS) is 13.8. The second kappa shape index (κ2) is 9.79. The van der Waals surface area contributed by atoms with Gasteiger partial charge in [0.25, 0.3) is 0 Å². The molecule has 1 unspecified atom stereocenters. The Bertz CT molecular complexity index is 118. The van der Waals surface area contributed by atoms with Crippen LogP contribution in [0.5, 0.6) is 0 Å². The Morgan fingerprint density at radius 3 is 2.46 bits per heavy atom. The Morgan fingerprint density at radius 1 is 1.15 bits per heavy atom. The van der Waals surface area contributed by atoms with Crippen molar-refractivity contribution < 1.29 is 0 Å². The molecule has 1 N–H and O–H groups in total. The van der Waals surface area contributed by atoms with E-state index >= 15 is 0 Å². The minimum atomic E-state index is 0.594. The molecule has 0 heterocycles. The number of unbranched alkanes of at least 4 members (excludes halogenated alkanes) is 3. The van der Waals surface area contributed by atoms with Crippen LogP contribution in [-0.2, 0) is 0 Å². The molecule has 0 fully saturated rings. The molecule has 0 saturated heterocycles. The first-order chi connectivity index (χ1) is 6.35. The highest BCUT2D eigenvalue weighted by atomic mass is 14.9. The van der Waals surface area contributed by atoms with Gasteiger partial charge in [-0.2, -0.15) is 0 Å². The lowest BCUT2D eigenvalue weighted by atomic mass is 10.1. The summed E-state index contributed by atoms with van der Waals surface area (Å²) in [7, 11) is 2.05. The van der Waals surface area contributed by atoms with Gasteiger partial charge in [-0.15, -0.1) is 0 Å². The van der Waals surface area contributed by atoms with Gasteiger partial charge in [0.1, 0.15) is 0 Å². The number of hydrogen-bond acceptors (Lipinski definition) is 1. The molecule has 1 heteroatoms. The minimum absolute atomic E-state index is 0.594. The lowest BCUT2D eigenvalue weighted by molar-refractivity contribution is 0.550. The summed E-state index contributed by atoms with van der Waals surface area (Å²) < 4.78 is 0. The van der Waals surface area contributed by atoms with Gasteiger partial charge in [-0.3, -0.25) is 0 Å². The second-order valence-corrected chi connectivity index (χ2v) is 3.58. The molecule has 0 bridgehead atoms. The maximum absolute atomic E-state index is 3.33. The van der Waals surface area contributed by atoms with Crippen molar-refractivity contribution in [3.63, 3.8) is 0 Å². The average molecular weight is 183 g/mol. The summed E-state index contributed by atoms with van der Waals surface area (Å²) in [5.41, 5.74) is 0. The van der Waals surface area contributed by atoms with E-state index in [9.17, 15) is 0 Å². The third kappa shape index (κ3) is 8.04. The van der Waals surface area contributed by atoms with Crippen LogP contribution in [0.15, 0.2) is 12.2 Å². The van der Waals surface area contributed by atoms with Gasteiger partial charge in [0.15, 0.2) is 0 Å². The quantitative estimate of drug-likeness (QED) is 0.448. The molecule has 0 aliphatic carbocycles. The molecule has 1 nitrogen and oxygen atoms in total. The summed E-state index contributed by atoms with van der Waals surface area (Å²) >= 11 is 0. The first kappa shape index (κ1) is 12.7. The van der Waals surface area contributed by atoms with Crippen molar-refractivity contribution in [2.45, 2.75) is 58.4 Å². The van der Waals surface area contributed by atoms with Gasteiger partial charge in [0, 0.05) is 6.04 Å². The third-order valence-electron chi connectivity index (χ3n) is 2.34. The first-order valence-electron chi connectivity index (χ1n) is 5.69. The zero-order chi connectivity index (χ0) is 9.94. The molecule has 0 aromatic heterocycles. The summed E-state index contributed by atoms with van der Waals surface area (Å²) in [5, 5.41) is 3.33. The van der Waals surface area contributed by atoms with Crippen molar-refractivity contribution in [2.75, 3.05) is 7.05 Å². The van der Waals surface area contributed by atoms with Crippen LogP contribution in [0.2, 0.25) is 0 Å². The lowest BCUT2D eigenvalue weighted by Crippen LogP contribution is -2.22. The summed E-state index contributed by atoms with van der Waals surface area (Å²) in [5.74, 6) is 0. The van der Waals surface area contributed by atoms with Gasteiger partial charge in [-0.05, 0) is 19.9 Å². The van der Waals surface area contributed by atoms with Gasteiger partial charge in [0.05, 0.1) is 0 Å². The van der Waals surface area contributed by atoms with E-state index < -0.39 is 0 Å². The van der Waals surface area contributed by atoms with Crippen LogP contribution in [0, 0.1) is 0 Å². The molecular weight excluding hydrogens is 158 g/mol. The number of hydrogen-bond donors (Lipinski definition) is 1. The number of likely N-dealkylation sites (N-methyl/N-ethyl adjacent to an activating group) is 1. The highest BCUT2D eigenvalue weighted by Crippen LogP contribution is 2.06. The molecule has 0 aliphatic rings. The van der Waals surface area contributed by atoms with E-state index in [1.165, 1.54) is 32.1 Å². The zero-order valence-corrected chi connectivity index (χ0v) is 9.47. The van der Waals surface area contributed by atoms with Crippen LogP contribution in [0.3, 0.4) is 0 Å². The van der Waals surface area contributed by atoms with E-state index in [1.807, 2.05) is 7.05 Å². The maximum atomic E-state index is 3.33. The van der Waals surface area contributed by atoms with Crippen molar-refractivity contribution in [3.05, 3.63) is 12.2 Å². The van der Waals surface area contributed by atoms with Gasteiger partial charge < -0.3 is 5.32 Å². The summed E-state index contributed by atoms with van der Waals surface area (Å²) in [6.07, 6.45) is 12.4. The van der Waals surface area contributed by atoms with Gasteiger partial charge in [-0.1, -0.05) is 51.7 Å². The van der Waals surface area contributed by atoms with E-state index in [1.54, 1.807) is 0 Å². The summed E-state index contributed by atoms with van der Waals surface area (Å²) in [6, 6.07) is 0.594. The van der Waals surface area contributed by atoms with Gasteiger partial charge in [0.2, 0.25) is 0 Å². The van der Waals surface area contributed by atoms with Crippen LogP contribution < -0.4 is 5.32 Å². The summed E-state index contributed by atoms with van der Waals surface area (Å²) in [4.78, 5) is 0. The molecule has 1 atom stereocenters. The Kier molecular flexibility index (Phi) is 9.56. The minimum Gasteiger partial charge on any atom is -0.314 e. The molecule has 78 valence electrons. The average Bonchev–Trinajstić information content (AvgIpc) is 2.17. The predicted octanol–water partition coefficient (Wildman–Crippen LogP) is 3.51. The SMILES string of the molecule is CC/C=C\C(CCCCCC)NC. The molecule has 0 radical (unpaired) electrons. The Hall–Kier alpha value is -0.300. The number of rotatable bonds is 8. The van der Waals surface area contributed by atoms with Crippen LogP contribution in [0.25, 0.3) is 0 Å². The molecule has 0 aromatic carbocycles. The molecule has 0 rings (SSSR count). The van der Waals surface area contributed by atoms with Crippen LogP contribution in [0.1, 0.15) is 52.4 Å². The van der Waals surface area contributed by atoms with Crippen molar-refractivity contribution in [3.8, 4) is 0 Å². The monoisotopic (exact) mass is 183 g/mol. The molecule has 13 heavy (non-hydrogen) atoms. The molecule has 0 aromatic rings. The first-order valence-corrected chi connectivity index (χ1v) is 5.69. The second-order valence-electron chi connectivity index (χ2n) is 3.58. The Morgan fingerprint density at radius 2 is 1.92 bits per heavy atom. The van der Waals surface area contributed by atoms with Gasteiger partial charge in [-0.25, -0.2) is 0 Å². The lowest BCUT2D eigenvalue weighted by Gasteiger charge is -2.10. The fourth-order valence-electron chi connectivity index (χ4n) is 1.43. The number of nitrogens with one attached hydrogen (secondary N) is 1. The standard InChI is InChI=1S/C12H25N/c1-4-6-8-9-11-12(13-3)10-7-5-2/h7,10,12-13H,4-6,8-9,11H2,1-3H3/b10-7-. The van der Waals surface area contributed by atoms with Crippen LogP contribution in [0.4, 0.5) is 0 Å². The number of allylic oxidation sites excluding steroid dienone is 1. The fraction of sp³-hybridized carbons (Fsp3) is 0.833. The van der Waals surface area contributed by atoms with Crippen molar-refractivity contribution in [1.82, 2.24) is 5.32 Å². The molecule has 0 amide bonds. The van der Waals surface area contributed by atoms with E-state index in [4.69, 9.17) is 0 Å². The maximum Gasteiger partial charge on any atom is 0.0247 e. The highest BCUT2D eigenvalue weighted by molar-refractivity contribution is 4.91. The zero-order valence-electron chi connectivity index (χ0n) is 9.47. The molecule has 0 spiro atoms. The van der Waals surface area contributed by atoms with Crippen molar-refractivity contribution in [1.29, 1.82) is 0 Å². The smallest absolute Gasteiger partial charge is 0.0247 e. The summed E-state index contributed by atoms with van der Waals surface area (Å²) in [6.45, 7) is 4.44. The molecule has 0 saturated carbocycles. The van der Waals surface area contributed by atoms with Crippen LogP contribution in [-0.4, -0.2) is 13.1 Å². The van der Waals surface area contributed by atoms with E-state index in [-0.39, 0.29) is 0 Å². The van der Waals surface area contributed by atoms with E-state index in [2.05, 4.69) is 31.3 Å². The molecular formula is C12H25N.